The summed E-state index contributed by atoms with van der Waals surface area (Å²) in [4.78, 5) is 173. The molecule has 9 aliphatic heterocycles. The van der Waals surface area contributed by atoms with Crippen molar-refractivity contribution in [2.45, 2.75) is 181 Å². The number of ether oxygens (including phenoxy) is 6. The van der Waals surface area contributed by atoms with Crippen molar-refractivity contribution < 1.29 is 142 Å². The molecule has 3 fully saturated rings. The Morgan fingerprint density at radius 3 is 2.04 bits per heavy atom. The zero-order chi connectivity index (χ0) is 98.1. The van der Waals surface area contributed by atoms with Crippen LogP contribution in [0, 0.1) is 5.92 Å². The minimum atomic E-state index is -2.41. The highest BCUT2D eigenvalue weighted by Gasteiger charge is 2.55. The first-order valence-electron chi connectivity index (χ1n) is 42.4. The van der Waals surface area contributed by atoms with Crippen LogP contribution in [-0.2, 0) is 78.3 Å². The number of thiazole rings is 1. The minimum Gasteiger partial charge on any atom is -0.543 e. The highest BCUT2D eigenvalue weighted by molar-refractivity contribution is 8.00. The number of rotatable bonds is 24. The third-order valence-electron chi connectivity index (χ3n) is 23.4. The topological polar surface area (TPSA) is 676 Å². The number of nitrogen functional groups attached to an aromatic ring is 1. The molecule has 0 saturated carbocycles. The molecule has 0 radical (unpaired) electrons. The van der Waals surface area contributed by atoms with Gasteiger partial charge in [0.25, 0.3) is 11.8 Å². The number of nitrogens with zero attached hydrogens (tertiary/aromatic N) is 4. The Hall–Kier alpha value is -12.4. The molecule has 11 bridgehead atoms. The number of aliphatic carboxylic acids is 1. The molecular weight excluding hydrogens is 1890 g/mol. The third kappa shape index (κ3) is 21.4. The number of nitrogens with two attached hydrogens (primary N) is 3. The second-order valence-corrected chi connectivity index (χ2v) is 37.2. The lowest BCUT2D eigenvalue weighted by molar-refractivity contribution is -0.689. The van der Waals surface area contributed by atoms with Crippen LogP contribution in [0.2, 0.25) is 14.4 Å². The SMILES string of the molecule is CN[C@H](CC(C)C)C(=O)N[C@H]1C(=O)N[C@@H](CC(N)=O)C(=O)N[C@H]2C(=O)N[C@H]3C(=O)N[C@H](C(=O)N[C@@H](C(=O)NCCCO/N=C(\C(=O)N[C@@H]4C(=O)N5C(C(=O)[O-])=C(C[n+]6ccccc6)CS[C@H]45)c4nc(N)sc4Cl)c4cc(O)cc(O)c4-c4cc3ccc4O)[C@H](O)c3ccc(c(Cl)c3)Oc3cc2cc(c3O[C@@H]2O[C@H](CO)[C@@H](O)[C@H](O)[C@H]2O[C@H]2C[C@](C)(N)[C@H](O)[C@H](C)O2)Oc2ccc(cc2Cl)[C@H]1O. The van der Waals surface area contributed by atoms with Gasteiger partial charge in [-0.1, -0.05) is 89.4 Å². The van der Waals surface area contributed by atoms with Gasteiger partial charge in [-0.15, -0.1) is 11.8 Å². The number of oxime groups is 1. The van der Waals surface area contributed by atoms with Crippen LogP contribution in [-0.4, -0.2) is 249 Å². The summed E-state index contributed by atoms with van der Waals surface area (Å²) in [6, 6.07) is 2.92. The molecular formula is C87H95Cl3N16O28S2. The van der Waals surface area contributed by atoms with E-state index in [2.05, 4.69) is 58.0 Å². The number of phenols is 3. The lowest BCUT2D eigenvalue weighted by Crippen LogP contribution is -2.71. The number of amides is 10. The lowest BCUT2D eigenvalue weighted by Gasteiger charge is -2.50. The molecule has 0 unspecified atom stereocenters. The van der Waals surface area contributed by atoms with Crippen LogP contribution >= 0.6 is 57.9 Å². The fourth-order valence-corrected chi connectivity index (χ4v) is 19.2. The van der Waals surface area contributed by atoms with Gasteiger partial charge in [0.1, 0.15) is 124 Å². The summed E-state index contributed by atoms with van der Waals surface area (Å²) in [6.45, 7) is 4.79. The Labute approximate surface area is 795 Å². The Bertz CT molecular complexity index is 5920. The van der Waals surface area contributed by atoms with Gasteiger partial charge in [0.2, 0.25) is 59.3 Å². The predicted octanol–water partition coefficient (Wildman–Crippen LogP) is -0.968. The molecule has 49 heteroatoms. The summed E-state index contributed by atoms with van der Waals surface area (Å²) in [6.07, 6.45) is -15.9. The average Bonchev–Trinajstić information content (AvgIpc) is 0.767. The van der Waals surface area contributed by atoms with Crippen molar-refractivity contribution in [3.8, 4) is 57.1 Å². The average molecular weight is 1980 g/mol. The van der Waals surface area contributed by atoms with Crippen molar-refractivity contribution in [3.63, 3.8) is 0 Å². The number of carboxylic acids is 1. The van der Waals surface area contributed by atoms with E-state index in [1.165, 1.54) is 44.8 Å². The number of benzene rings is 5. The van der Waals surface area contributed by atoms with E-state index in [0.29, 0.717) is 5.57 Å². The van der Waals surface area contributed by atoms with E-state index in [1.807, 2.05) is 0 Å². The number of primary amides is 1. The van der Waals surface area contributed by atoms with E-state index in [9.17, 15) is 75.0 Å². The van der Waals surface area contributed by atoms with Crippen molar-refractivity contribution in [1.82, 2.24) is 57.7 Å². The predicted molar refractivity (Wildman–Crippen MR) is 477 cm³/mol. The van der Waals surface area contributed by atoms with Crippen LogP contribution < -0.4 is 88.9 Å². The number of aromatic hydroxyl groups is 3. The second kappa shape index (κ2) is 41.7. The maximum Gasteiger partial charge on any atom is 0.276 e. The van der Waals surface area contributed by atoms with Crippen LogP contribution in [0.25, 0.3) is 11.1 Å². The van der Waals surface area contributed by atoms with E-state index in [0.717, 1.165) is 83.0 Å². The van der Waals surface area contributed by atoms with E-state index in [-0.39, 0.29) is 75.2 Å². The summed E-state index contributed by atoms with van der Waals surface area (Å²) in [5.74, 6) is -19.2. The van der Waals surface area contributed by atoms with Gasteiger partial charge in [-0.25, -0.2) is 9.55 Å². The number of likely N-dealkylation sites (N-methyl/N-ethyl adjacent to an activating group) is 1. The highest BCUT2D eigenvalue weighted by Crippen LogP contribution is 2.51. The number of carboxylic acid groups (broad SMARTS) is 1. The van der Waals surface area contributed by atoms with Gasteiger partial charge in [-0.2, -0.15) is 0 Å². The summed E-state index contributed by atoms with van der Waals surface area (Å²) < 4.78 is 40.3. The van der Waals surface area contributed by atoms with Crippen molar-refractivity contribution in [2.24, 2.45) is 22.5 Å². The number of aliphatic hydroxyl groups is 6. The molecule has 7 aromatic rings. The number of aromatic nitrogens is 2. The Morgan fingerprint density at radius 1 is 0.765 bits per heavy atom. The number of halogens is 3. The number of hydrogen-bond donors (Lipinski definition) is 21. The maximum atomic E-state index is 16.4. The number of nitrogens with one attached hydrogen (secondary N) is 9. The summed E-state index contributed by atoms with van der Waals surface area (Å²) in [7, 11) is 1.46. The second-order valence-electron chi connectivity index (χ2n) is 33.6. The molecule has 16 rings (SSSR count). The van der Waals surface area contributed by atoms with Gasteiger partial charge in [0, 0.05) is 65.6 Å². The molecule has 3 saturated heterocycles. The largest absolute Gasteiger partial charge is 0.543 e. The van der Waals surface area contributed by atoms with Crippen molar-refractivity contribution in [3.05, 3.63) is 169 Å². The number of hydrogen-bond acceptors (Lipinski definition) is 35. The van der Waals surface area contributed by atoms with Crippen molar-refractivity contribution in [1.29, 1.82) is 0 Å². The molecule has 5 aromatic carbocycles. The third-order valence-corrected chi connectivity index (χ3v) is 26.4. The summed E-state index contributed by atoms with van der Waals surface area (Å²) in [5, 5.41) is 144. The molecule has 10 amide bonds. The number of carbonyl (C=O) groups is 11. The molecule has 20 atom stereocenters. The van der Waals surface area contributed by atoms with E-state index >= 15 is 28.8 Å². The Balaban J connectivity index is 0.849. The number of phenolic OH excluding ortho intramolecular Hbond substituents is 3. The molecule has 44 nitrogen and oxygen atoms in total. The van der Waals surface area contributed by atoms with Crippen molar-refractivity contribution in [2.75, 3.05) is 38.3 Å². The van der Waals surface area contributed by atoms with E-state index in [1.54, 1.807) is 49.0 Å². The molecule has 0 spiro atoms. The lowest BCUT2D eigenvalue weighted by atomic mass is 9.86. The molecule has 2 aromatic heterocycles. The van der Waals surface area contributed by atoms with Crippen LogP contribution in [0.5, 0.6) is 46.0 Å². The number of thioether (sulfide) groups is 1. The van der Waals surface area contributed by atoms with E-state index < -0.39 is 296 Å². The van der Waals surface area contributed by atoms with Gasteiger partial charge in [0.05, 0.1) is 53.0 Å². The fraction of sp³-hybridized carbons (Fsp3) is 0.402. The van der Waals surface area contributed by atoms with Gasteiger partial charge in [-0.05, 0) is 116 Å². The zero-order valence-electron chi connectivity index (χ0n) is 72.6. The Kier molecular flexibility index (Phi) is 30.5. The molecule has 9 aliphatic rings. The number of fused-ring (bicyclic) bond motifs is 16. The molecule has 724 valence electrons. The van der Waals surface area contributed by atoms with Gasteiger partial charge in [0.15, 0.2) is 53.7 Å². The molecule has 136 heavy (non-hydrogen) atoms. The molecule has 0 aliphatic carbocycles. The smallest absolute Gasteiger partial charge is 0.276 e. The monoisotopic (exact) mass is 1980 g/mol. The first kappa shape index (κ1) is 99.6. The van der Waals surface area contributed by atoms with Gasteiger partial charge in [-0.3, -0.25) is 52.8 Å². The first-order valence-corrected chi connectivity index (χ1v) is 45.4. The number of carbonyl (C=O) groups excluding carboxylic acids is 11. The molecule has 11 heterocycles. The minimum absolute atomic E-state index is 0.107. The van der Waals surface area contributed by atoms with Crippen LogP contribution in [0.15, 0.2) is 126 Å². The van der Waals surface area contributed by atoms with Crippen LogP contribution in [0.3, 0.4) is 0 Å². The molecule has 24 N–H and O–H groups in total. The summed E-state index contributed by atoms with van der Waals surface area (Å²) in [5.41, 5.74) is 13.1. The number of β-lactam (4-membered cyclic amide) rings is 1. The first-order chi connectivity index (χ1) is 64.6. The van der Waals surface area contributed by atoms with Gasteiger partial charge >= 0.3 is 0 Å². The van der Waals surface area contributed by atoms with Crippen molar-refractivity contribution >= 4 is 134 Å². The van der Waals surface area contributed by atoms with E-state index in [4.69, 9.17) is 85.3 Å². The number of anilines is 1. The normalized spacial score (nSPS) is 27.1. The number of pyridine rings is 1. The quantitative estimate of drug-likeness (QED) is 0.0114. The standard InChI is InChI=1S/C87H95Cl3N16O28S2/c1-33(2)20-45(94-5)74(117)100-62-66(112)36-11-14-49(43(88)22-36)130-51-24-38-25-52(70(51)134-85-71(69(115)68(114)53(31-107)132-85)133-55-29-87(4,93)72(116)34(3)129-55)131-50-15-12-37(23-44(50)89)67(113)63-81(124)99-59(42-26-40(108)27-48(110)56(42)41-21-35(10-13-47(41)109)57(77(120)101-63)98-78(121)58(38)97-75(118)46(28-54(91)111)96-80(62)123)76(119)95-16-9-19-128-104-61(60-73(90)136-86(92)103-60)79(122)102-64-82(125)106-65(84(126)127)39(32-135-83(64)106)30-105-17-7-6-8-18-105/h6-8,10-15,17-18,21-27,33-34,45-46,53,55,57-59,62-64,66-69,71-72,83,85,94,107,112-116H,9,16,19-20,28-32,93H2,1-5H3,(H15-,91,92,95,96,97,98,99,100,101,102,103,104,108,109,110,111,117,118,119,120,121,122,123,124,126,127)/t34-,45+,46-,53+,55-,57+,58+,59+,62+,63-,64+,66+,67+,68+,69-,71+,72+,83+,85-,87-/m0/s1. The Morgan fingerprint density at radius 2 is 1.42 bits per heavy atom. The van der Waals surface area contributed by atoms with Crippen LogP contribution in [0.4, 0.5) is 5.13 Å². The van der Waals surface area contributed by atoms with Crippen LogP contribution in [0.1, 0.15) is 117 Å². The zero-order valence-corrected chi connectivity index (χ0v) is 76.5. The highest BCUT2D eigenvalue weighted by atomic mass is 35.5. The number of aliphatic hydroxyl groups excluding tert-OH is 6. The maximum absolute atomic E-state index is 16.4. The fourth-order valence-electron chi connectivity index (χ4n) is 16.5. The van der Waals surface area contributed by atoms with Gasteiger partial charge < -0.3 is 154 Å². The summed E-state index contributed by atoms with van der Waals surface area (Å²) >= 11 is 22.8.